The maximum Gasteiger partial charge on any atom is 0.129 e. The molecule has 2 aromatic heterocycles. The third-order valence-corrected chi connectivity index (χ3v) is 5.55. The lowest BCUT2D eigenvalue weighted by Crippen LogP contribution is -2.46. The number of aliphatic imine (C=N–C) groups is 1. The van der Waals surface area contributed by atoms with E-state index in [1.54, 1.807) is 0 Å². The second kappa shape index (κ2) is 7.52. The number of nitrogens with zero attached hydrogens (tertiary/aromatic N) is 5. The highest BCUT2D eigenvalue weighted by molar-refractivity contribution is 6.15. The lowest BCUT2D eigenvalue weighted by molar-refractivity contribution is 0.249. The highest BCUT2D eigenvalue weighted by Gasteiger charge is 2.21. The molecule has 1 saturated heterocycles. The number of benzene rings is 1. The molecule has 4 heterocycles. The van der Waals surface area contributed by atoms with Crippen LogP contribution in [0.25, 0.3) is 0 Å². The van der Waals surface area contributed by atoms with Crippen molar-refractivity contribution in [1.82, 2.24) is 14.9 Å². The predicted octanol–water partition coefficient (Wildman–Crippen LogP) is 3.15. The van der Waals surface area contributed by atoms with E-state index in [9.17, 15) is 0 Å². The summed E-state index contributed by atoms with van der Waals surface area (Å²) in [5, 5.41) is 0. The SMILES string of the molecule is c1ccc2c(c1)CN=C2c1ccnc(N2CCN(Cc3ccncc3)CC2)c1. The minimum Gasteiger partial charge on any atom is -0.354 e. The first kappa shape index (κ1) is 17.1. The van der Waals surface area contributed by atoms with Crippen molar-refractivity contribution in [2.45, 2.75) is 13.1 Å². The Bertz CT molecular complexity index is 991. The van der Waals surface area contributed by atoms with Gasteiger partial charge in [-0.25, -0.2) is 4.98 Å². The van der Waals surface area contributed by atoms with Gasteiger partial charge in [0, 0.05) is 62.4 Å². The van der Waals surface area contributed by atoms with Crippen molar-refractivity contribution in [3.63, 3.8) is 0 Å². The smallest absolute Gasteiger partial charge is 0.129 e. The van der Waals surface area contributed by atoms with Crippen LogP contribution in [0, 0.1) is 0 Å². The number of rotatable bonds is 4. The summed E-state index contributed by atoms with van der Waals surface area (Å²) in [7, 11) is 0. The Balaban J connectivity index is 1.28. The molecular formula is C23H23N5. The quantitative estimate of drug-likeness (QED) is 0.709. The summed E-state index contributed by atoms with van der Waals surface area (Å²) in [5.41, 5.74) is 6.13. The molecule has 0 atom stereocenters. The Morgan fingerprint density at radius 2 is 1.68 bits per heavy atom. The number of fused-ring (bicyclic) bond motifs is 1. The molecule has 1 fully saturated rings. The van der Waals surface area contributed by atoms with E-state index in [0.717, 1.165) is 56.4 Å². The number of anilines is 1. The molecule has 2 aliphatic heterocycles. The van der Waals surface area contributed by atoms with Crippen LogP contribution in [0.3, 0.4) is 0 Å². The van der Waals surface area contributed by atoms with Crippen LogP contribution in [0.1, 0.15) is 22.3 Å². The van der Waals surface area contributed by atoms with Crippen molar-refractivity contribution in [2.75, 3.05) is 31.1 Å². The van der Waals surface area contributed by atoms with E-state index in [0.29, 0.717) is 0 Å². The molecule has 3 aromatic rings. The number of hydrogen-bond donors (Lipinski definition) is 0. The lowest BCUT2D eigenvalue weighted by atomic mass is 10.0. The Hall–Kier alpha value is -3.05. The topological polar surface area (TPSA) is 44.6 Å². The van der Waals surface area contributed by atoms with Crippen molar-refractivity contribution >= 4 is 11.5 Å². The molecule has 0 saturated carbocycles. The second-order valence-electron chi connectivity index (χ2n) is 7.34. The van der Waals surface area contributed by atoms with Crippen LogP contribution in [-0.2, 0) is 13.1 Å². The van der Waals surface area contributed by atoms with E-state index in [-0.39, 0.29) is 0 Å². The monoisotopic (exact) mass is 369 g/mol. The number of aromatic nitrogens is 2. The molecule has 0 amide bonds. The maximum absolute atomic E-state index is 4.78. The van der Waals surface area contributed by atoms with Crippen molar-refractivity contribution < 1.29 is 0 Å². The summed E-state index contributed by atoms with van der Waals surface area (Å²) in [6.45, 7) is 5.82. The Morgan fingerprint density at radius 1 is 0.857 bits per heavy atom. The summed E-state index contributed by atoms with van der Waals surface area (Å²) < 4.78 is 0. The summed E-state index contributed by atoms with van der Waals surface area (Å²) in [4.78, 5) is 18.4. The normalized spacial score (nSPS) is 16.7. The highest BCUT2D eigenvalue weighted by atomic mass is 15.3. The fourth-order valence-corrected chi connectivity index (χ4v) is 4.01. The first-order valence-electron chi connectivity index (χ1n) is 9.82. The largest absolute Gasteiger partial charge is 0.354 e. The Kier molecular flexibility index (Phi) is 4.59. The molecule has 0 radical (unpaired) electrons. The van der Waals surface area contributed by atoms with Gasteiger partial charge in [-0.1, -0.05) is 24.3 Å². The van der Waals surface area contributed by atoms with Crippen LogP contribution in [0.15, 0.2) is 72.1 Å². The van der Waals surface area contributed by atoms with Gasteiger partial charge < -0.3 is 4.90 Å². The van der Waals surface area contributed by atoms with E-state index >= 15 is 0 Å². The molecule has 5 heteroatoms. The molecule has 1 aromatic carbocycles. The molecule has 0 aliphatic carbocycles. The molecule has 140 valence electrons. The van der Waals surface area contributed by atoms with Gasteiger partial charge in [-0.2, -0.15) is 0 Å². The summed E-state index contributed by atoms with van der Waals surface area (Å²) in [5.74, 6) is 1.05. The van der Waals surface area contributed by atoms with Gasteiger partial charge in [0.1, 0.15) is 5.82 Å². The zero-order valence-electron chi connectivity index (χ0n) is 15.8. The molecule has 5 nitrogen and oxygen atoms in total. The average Bonchev–Trinajstić information content (AvgIpc) is 3.19. The minimum absolute atomic E-state index is 0.775. The zero-order chi connectivity index (χ0) is 18.8. The van der Waals surface area contributed by atoms with Gasteiger partial charge in [0.15, 0.2) is 0 Å². The van der Waals surface area contributed by atoms with Crippen LogP contribution < -0.4 is 4.90 Å². The molecule has 2 aliphatic rings. The van der Waals surface area contributed by atoms with E-state index < -0.39 is 0 Å². The average molecular weight is 369 g/mol. The fraction of sp³-hybridized carbons (Fsp3) is 0.261. The van der Waals surface area contributed by atoms with E-state index in [4.69, 9.17) is 4.99 Å². The number of piperazine rings is 1. The molecule has 5 rings (SSSR count). The van der Waals surface area contributed by atoms with Crippen LogP contribution in [0.2, 0.25) is 0 Å². The third-order valence-electron chi connectivity index (χ3n) is 5.55. The van der Waals surface area contributed by atoms with Gasteiger partial charge in [-0.15, -0.1) is 0 Å². The van der Waals surface area contributed by atoms with Crippen LogP contribution >= 0.6 is 0 Å². The van der Waals surface area contributed by atoms with Crippen molar-refractivity contribution in [2.24, 2.45) is 4.99 Å². The maximum atomic E-state index is 4.78. The van der Waals surface area contributed by atoms with Gasteiger partial charge in [-0.3, -0.25) is 14.9 Å². The Labute approximate surface area is 165 Å². The minimum atomic E-state index is 0.775. The van der Waals surface area contributed by atoms with E-state index in [1.165, 1.54) is 16.7 Å². The number of hydrogen-bond acceptors (Lipinski definition) is 5. The van der Waals surface area contributed by atoms with Crippen molar-refractivity contribution in [3.8, 4) is 0 Å². The molecule has 0 N–H and O–H groups in total. The second-order valence-corrected chi connectivity index (χ2v) is 7.34. The third kappa shape index (κ3) is 3.41. The van der Waals surface area contributed by atoms with Crippen LogP contribution in [0.5, 0.6) is 0 Å². The van der Waals surface area contributed by atoms with Crippen molar-refractivity contribution in [1.29, 1.82) is 0 Å². The predicted molar refractivity (Wildman–Crippen MR) is 112 cm³/mol. The van der Waals surface area contributed by atoms with Gasteiger partial charge in [0.05, 0.1) is 12.3 Å². The van der Waals surface area contributed by atoms with Crippen molar-refractivity contribution in [3.05, 3.63) is 89.4 Å². The standard InChI is InChI=1S/C23H23N5/c1-2-4-21-20(3-1)16-26-23(21)19-7-10-25-22(15-19)28-13-11-27(12-14-28)17-18-5-8-24-9-6-18/h1-10,15H,11-14,16-17H2. The molecule has 0 spiro atoms. The van der Waals surface area contributed by atoms with Crippen LogP contribution in [-0.4, -0.2) is 46.8 Å². The zero-order valence-corrected chi connectivity index (χ0v) is 15.8. The molecular weight excluding hydrogens is 346 g/mol. The highest BCUT2D eigenvalue weighted by Crippen LogP contribution is 2.25. The lowest BCUT2D eigenvalue weighted by Gasteiger charge is -2.35. The first-order valence-corrected chi connectivity index (χ1v) is 9.82. The molecule has 0 bridgehead atoms. The van der Waals surface area contributed by atoms with Gasteiger partial charge in [0.25, 0.3) is 0 Å². The van der Waals surface area contributed by atoms with E-state index in [1.807, 2.05) is 18.6 Å². The first-order chi connectivity index (χ1) is 13.9. The van der Waals surface area contributed by atoms with Crippen LogP contribution in [0.4, 0.5) is 5.82 Å². The van der Waals surface area contributed by atoms with Gasteiger partial charge in [-0.05, 0) is 35.4 Å². The Morgan fingerprint density at radius 3 is 2.54 bits per heavy atom. The summed E-state index contributed by atoms with van der Waals surface area (Å²) in [6.07, 6.45) is 5.65. The summed E-state index contributed by atoms with van der Waals surface area (Å²) in [6, 6.07) is 17.0. The van der Waals surface area contributed by atoms with E-state index in [2.05, 4.69) is 68.3 Å². The molecule has 0 unspecified atom stereocenters. The number of pyridine rings is 2. The fourth-order valence-electron chi connectivity index (χ4n) is 4.01. The van der Waals surface area contributed by atoms with Gasteiger partial charge in [0.2, 0.25) is 0 Å². The molecule has 28 heavy (non-hydrogen) atoms. The summed E-state index contributed by atoms with van der Waals surface area (Å²) >= 11 is 0. The van der Waals surface area contributed by atoms with Gasteiger partial charge >= 0.3 is 0 Å².